The van der Waals surface area contributed by atoms with E-state index in [9.17, 15) is 13.6 Å². The Kier molecular flexibility index (Phi) is 3.43. The maximum atomic E-state index is 13.6. The van der Waals surface area contributed by atoms with Crippen molar-refractivity contribution in [1.29, 1.82) is 0 Å². The fourth-order valence-corrected chi connectivity index (χ4v) is 2.25. The van der Waals surface area contributed by atoms with Crippen LogP contribution >= 0.6 is 0 Å². The summed E-state index contributed by atoms with van der Waals surface area (Å²) in [6.07, 6.45) is 0. The Labute approximate surface area is 120 Å². The number of carbonyl (C=O) groups is 1. The van der Waals surface area contributed by atoms with E-state index in [-0.39, 0.29) is 5.69 Å². The summed E-state index contributed by atoms with van der Waals surface area (Å²) in [5.74, 6) is -1.78. The van der Waals surface area contributed by atoms with Crippen LogP contribution in [0.2, 0.25) is 0 Å². The first-order valence-electron chi connectivity index (χ1n) is 6.52. The zero-order valence-electron chi connectivity index (χ0n) is 11.0. The molecule has 1 heterocycles. The van der Waals surface area contributed by atoms with Crippen LogP contribution in [-0.4, -0.2) is 19.0 Å². The average molecular weight is 289 g/mol. The van der Waals surface area contributed by atoms with E-state index < -0.39 is 17.5 Å². The molecule has 21 heavy (non-hydrogen) atoms. The maximum absolute atomic E-state index is 13.6. The lowest BCUT2D eigenvalue weighted by Crippen LogP contribution is -2.24. The molecule has 2 aromatic rings. The minimum Gasteiger partial charge on any atom is -0.382 e. The van der Waals surface area contributed by atoms with Gasteiger partial charge in [-0.25, -0.2) is 8.78 Å². The second-order valence-electron chi connectivity index (χ2n) is 4.66. The molecule has 0 fully saturated rings. The molecule has 2 aromatic carbocycles. The van der Waals surface area contributed by atoms with Crippen LogP contribution in [0.5, 0.6) is 0 Å². The molecule has 1 aliphatic heterocycles. The average Bonchev–Trinajstić information content (AvgIpc) is 2.50. The molecule has 1 amide bonds. The minimum absolute atomic E-state index is 0.179. The Balaban J connectivity index is 1.91. The molecule has 6 heteroatoms. The number of hydrogen-bond acceptors (Lipinski definition) is 3. The number of amides is 1. The second-order valence-corrected chi connectivity index (χ2v) is 4.66. The van der Waals surface area contributed by atoms with E-state index in [4.69, 9.17) is 0 Å². The Morgan fingerprint density at radius 2 is 1.90 bits per heavy atom. The van der Waals surface area contributed by atoms with Gasteiger partial charge in [-0.15, -0.1) is 0 Å². The monoisotopic (exact) mass is 289 g/mol. The van der Waals surface area contributed by atoms with Crippen molar-refractivity contribution < 1.29 is 13.6 Å². The zero-order valence-corrected chi connectivity index (χ0v) is 11.0. The molecule has 0 saturated heterocycles. The summed E-state index contributed by atoms with van der Waals surface area (Å²) < 4.78 is 26.7. The Morgan fingerprint density at radius 3 is 2.76 bits per heavy atom. The molecule has 0 saturated carbocycles. The van der Waals surface area contributed by atoms with E-state index in [1.54, 1.807) is 12.1 Å². The molecule has 4 nitrogen and oxygen atoms in total. The number of halogens is 2. The van der Waals surface area contributed by atoms with Crippen molar-refractivity contribution in [3.8, 4) is 0 Å². The van der Waals surface area contributed by atoms with Gasteiger partial charge in [-0.05, 0) is 24.3 Å². The topological polar surface area (TPSA) is 53.2 Å². The third kappa shape index (κ3) is 2.65. The predicted molar refractivity (Wildman–Crippen MR) is 77.7 cm³/mol. The molecular weight excluding hydrogens is 276 g/mol. The van der Waals surface area contributed by atoms with Gasteiger partial charge in [0, 0.05) is 19.2 Å². The summed E-state index contributed by atoms with van der Waals surface area (Å²) in [5, 5.41) is 8.69. The summed E-state index contributed by atoms with van der Waals surface area (Å²) in [6, 6.07) is 8.14. The molecule has 0 aliphatic carbocycles. The number of nitrogens with one attached hydrogen (secondary N) is 3. The zero-order chi connectivity index (χ0) is 14.8. The lowest BCUT2D eigenvalue weighted by molar-refractivity contribution is 0.102. The molecular formula is C15H13F2N3O. The Morgan fingerprint density at radius 1 is 1.10 bits per heavy atom. The summed E-state index contributed by atoms with van der Waals surface area (Å²) in [6.45, 7) is 1.45. The van der Waals surface area contributed by atoms with Crippen LogP contribution in [0, 0.1) is 11.6 Å². The lowest BCUT2D eigenvalue weighted by atomic mass is 10.1. The van der Waals surface area contributed by atoms with Crippen LogP contribution in [0.4, 0.5) is 25.8 Å². The smallest absolute Gasteiger partial charge is 0.257 e. The SMILES string of the molecule is O=C(Nc1cc(F)ccc1F)c1cccc2c1NCCN2. The molecule has 3 rings (SSSR count). The van der Waals surface area contributed by atoms with Crippen LogP contribution in [0.3, 0.4) is 0 Å². The van der Waals surface area contributed by atoms with E-state index in [2.05, 4.69) is 16.0 Å². The van der Waals surface area contributed by atoms with Crippen molar-refractivity contribution in [2.24, 2.45) is 0 Å². The number of hydrogen-bond donors (Lipinski definition) is 3. The van der Waals surface area contributed by atoms with Gasteiger partial charge in [-0.2, -0.15) is 0 Å². The Bertz CT molecular complexity index is 703. The highest BCUT2D eigenvalue weighted by atomic mass is 19.1. The first-order valence-corrected chi connectivity index (χ1v) is 6.52. The number of para-hydroxylation sites is 1. The van der Waals surface area contributed by atoms with Gasteiger partial charge in [0.15, 0.2) is 0 Å². The standard InChI is InChI=1S/C15H13F2N3O/c16-9-4-5-11(17)13(8-9)20-15(21)10-2-1-3-12-14(10)19-7-6-18-12/h1-5,8,18-19H,6-7H2,(H,20,21). The van der Waals surface area contributed by atoms with E-state index in [1.165, 1.54) is 0 Å². The third-order valence-electron chi connectivity index (χ3n) is 3.23. The fourth-order valence-electron chi connectivity index (χ4n) is 2.25. The van der Waals surface area contributed by atoms with E-state index in [1.807, 2.05) is 6.07 Å². The largest absolute Gasteiger partial charge is 0.382 e. The van der Waals surface area contributed by atoms with Gasteiger partial charge < -0.3 is 16.0 Å². The van der Waals surface area contributed by atoms with Crippen molar-refractivity contribution in [2.45, 2.75) is 0 Å². The summed E-state index contributed by atoms with van der Waals surface area (Å²) in [5.41, 5.74) is 1.68. The van der Waals surface area contributed by atoms with Crippen molar-refractivity contribution in [1.82, 2.24) is 0 Å². The first kappa shape index (κ1) is 13.4. The summed E-state index contributed by atoms with van der Waals surface area (Å²) in [4.78, 5) is 12.3. The van der Waals surface area contributed by atoms with Gasteiger partial charge in [0.05, 0.1) is 22.6 Å². The first-order chi connectivity index (χ1) is 10.1. The van der Waals surface area contributed by atoms with Gasteiger partial charge in [-0.1, -0.05) is 6.07 Å². The van der Waals surface area contributed by atoms with E-state index in [0.717, 1.165) is 30.4 Å². The number of anilines is 3. The maximum Gasteiger partial charge on any atom is 0.257 e. The minimum atomic E-state index is -0.680. The van der Waals surface area contributed by atoms with Crippen LogP contribution in [-0.2, 0) is 0 Å². The van der Waals surface area contributed by atoms with Gasteiger partial charge >= 0.3 is 0 Å². The molecule has 0 unspecified atom stereocenters. The van der Waals surface area contributed by atoms with Gasteiger partial charge in [0.2, 0.25) is 0 Å². The molecule has 0 atom stereocenters. The van der Waals surface area contributed by atoms with Crippen molar-refractivity contribution in [2.75, 3.05) is 29.0 Å². The van der Waals surface area contributed by atoms with Gasteiger partial charge in [0.1, 0.15) is 11.6 Å². The van der Waals surface area contributed by atoms with Gasteiger partial charge in [0.25, 0.3) is 5.91 Å². The third-order valence-corrected chi connectivity index (χ3v) is 3.23. The molecule has 0 spiro atoms. The van der Waals surface area contributed by atoms with Crippen molar-refractivity contribution in [3.05, 3.63) is 53.6 Å². The molecule has 108 valence electrons. The lowest BCUT2D eigenvalue weighted by Gasteiger charge is -2.22. The van der Waals surface area contributed by atoms with Crippen LogP contribution < -0.4 is 16.0 Å². The molecule has 0 aromatic heterocycles. The van der Waals surface area contributed by atoms with Crippen molar-refractivity contribution >= 4 is 23.0 Å². The van der Waals surface area contributed by atoms with Crippen molar-refractivity contribution in [3.63, 3.8) is 0 Å². The van der Waals surface area contributed by atoms with E-state index in [0.29, 0.717) is 17.8 Å². The highest BCUT2D eigenvalue weighted by Gasteiger charge is 2.18. The number of carbonyl (C=O) groups excluding carboxylic acids is 1. The quantitative estimate of drug-likeness (QED) is 0.796. The second kappa shape index (κ2) is 5.40. The predicted octanol–water partition coefficient (Wildman–Crippen LogP) is 3.05. The number of benzene rings is 2. The number of fused-ring (bicyclic) bond motifs is 1. The number of rotatable bonds is 2. The fraction of sp³-hybridized carbons (Fsp3) is 0.133. The van der Waals surface area contributed by atoms with Crippen LogP contribution in [0.15, 0.2) is 36.4 Å². The summed E-state index contributed by atoms with van der Waals surface area (Å²) >= 11 is 0. The van der Waals surface area contributed by atoms with Gasteiger partial charge in [-0.3, -0.25) is 4.79 Å². The normalized spacial score (nSPS) is 12.9. The van der Waals surface area contributed by atoms with Crippen LogP contribution in [0.1, 0.15) is 10.4 Å². The molecule has 1 aliphatic rings. The molecule has 0 bridgehead atoms. The highest BCUT2D eigenvalue weighted by molar-refractivity contribution is 6.10. The summed E-state index contributed by atoms with van der Waals surface area (Å²) in [7, 11) is 0. The van der Waals surface area contributed by atoms with E-state index >= 15 is 0 Å². The Hall–Kier alpha value is -2.63. The molecule has 3 N–H and O–H groups in total. The molecule has 0 radical (unpaired) electrons. The van der Waals surface area contributed by atoms with Crippen LogP contribution in [0.25, 0.3) is 0 Å². The highest BCUT2D eigenvalue weighted by Crippen LogP contribution is 2.29.